The maximum atomic E-state index is 11.2. The van der Waals surface area contributed by atoms with Gasteiger partial charge in [-0.3, -0.25) is 9.69 Å². The average Bonchev–Trinajstić information content (AvgIpc) is 2.80. The summed E-state index contributed by atoms with van der Waals surface area (Å²) in [5.41, 5.74) is 6.40. The number of hydrogen-bond donors (Lipinski definition) is 1. The van der Waals surface area contributed by atoms with Crippen molar-refractivity contribution >= 4 is 17.5 Å². The molecule has 0 saturated heterocycles. The molecule has 5 heteroatoms. The van der Waals surface area contributed by atoms with Gasteiger partial charge in [0.1, 0.15) is 5.15 Å². The molecule has 1 aromatic rings. The smallest absolute Gasteiger partial charge is 0.231 e. The van der Waals surface area contributed by atoms with Crippen LogP contribution in [-0.2, 0) is 11.3 Å². The van der Waals surface area contributed by atoms with Crippen LogP contribution in [0.4, 0.5) is 0 Å². The number of hydrogen-bond acceptors (Lipinski definition) is 3. The summed E-state index contributed by atoms with van der Waals surface area (Å²) in [4.78, 5) is 17.3. The second-order valence-electron chi connectivity index (χ2n) is 4.80. The van der Waals surface area contributed by atoms with Crippen molar-refractivity contribution in [2.75, 3.05) is 6.54 Å². The van der Waals surface area contributed by atoms with Gasteiger partial charge >= 0.3 is 0 Å². The summed E-state index contributed by atoms with van der Waals surface area (Å²) in [7, 11) is 0. The fourth-order valence-corrected chi connectivity index (χ4v) is 2.76. The van der Waals surface area contributed by atoms with Gasteiger partial charge in [0, 0.05) is 18.8 Å². The van der Waals surface area contributed by atoms with Crippen LogP contribution in [0.3, 0.4) is 0 Å². The Labute approximate surface area is 112 Å². The van der Waals surface area contributed by atoms with Gasteiger partial charge < -0.3 is 5.73 Å². The van der Waals surface area contributed by atoms with Gasteiger partial charge in [-0.2, -0.15) is 0 Å². The fraction of sp³-hybridized carbons (Fsp3) is 0.538. The van der Waals surface area contributed by atoms with Crippen molar-refractivity contribution in [3.8, 4) is 0 Å². The van der Waals surface area contributed by atoms with Gasteiger partial charge in [0.05, 0.1) is 6.54 Å². The summed E-state index contributed by atoms with van der Waals surface area (Å²) in [6.45, 7) is 1.01. The van der Waals surface area contributed by atoms with Gasteiger partial charge in [-0.15, -0.1) is 0 Å². The molecule has 1 fully saturated rings. The first-order chi connectivity index (χ1) is 8.65. The number of rotatable bonds is 5. The standard InChI is InChI=1S/C13H18ClN3O/c14-12-7-10(5-6-16-12)8-17(9-13(15)18)11-3-1-2-4-11/h5-7,11H,1-4,8-9H2,(H2,15,18). The Balaban J connectivity index is 2.06. The Kier molecular flexibility index (Phi) is 4.55. The van der Waals surface area contributed by atoms with Crippen molar-refractivity contribution < 1.29 is 4.79 Å². The fourth-order valence-electron chi connectivity index (χ4n) is 2.56. The minimum absolute atomic E-state index is 0.276. The van der Waals surface area contributed by atoms with E-state index in [4.69, 9.17) is 17.3 Å². The van der Waals surface area contributed by atoms with Crippen LogP contribution in [-0.4, -0.2) is 28.4 Å². The lowest BCUT2D eigenvalue weighted by molar-refractivity contribution is -0.119. The summed E-state index contributed by atoms with van der Waals surface area (Å²) in [5.74, 6) is -0.276. The number of carbonyl (C=O) groups excluding carboxylic acids is 1. The third-order valence-corrected chi connectivity index (χ3v) is 3.58. The Bertz CT molecular complexity index is 418. The second-order valence-corrected chi connectivity index (χ2v) is 5.18. The summed E-state index contributed by atoms with van der Waals surface area (Å²) in [5, 5.41) is 0.484. The Morgan fingerprint density at radius 3 is 2.83 bits per heavy atom. The predicted octanol–water partition coefficient (Wildman–Crippen LogP) is 1.96. The van der Waals surface area contributed by atoms with E-state index in [9.17, 15) is 4.79 Å². The van der Waals surface area contributed by atoms with Gasteiger partial charge in [-0.25, -0.2) is 4.98 Å². The van der Waals surface area contributed by atoms with Crippen molar-refractivity contribution in [2.24, 2.45) is 5.73 Å². The first-order valence-corrected chi connectivity index (χ1v) is 6.66. The molecule has 1 heterocycles. The number of halogens is 1. The molecular weight excluding hydrogens is 250 g/mol. The Hall–Kier alpha value is -1.13. The van der Waals surface area contributed by atoms with Crippen LogP contribution in [0.1, 0.15) is 31.2 Å². The molecule has 0 spiro atoms. The maximum Gasteiger partial charge on any atom is 0.231 e. The van der Waals surface area contributed by atoms with Crippen LogP contribution in [0.15, 0.2) is 18.3 Å². The summed E-state index contributed by atoms with van der Waals surface area (Å²) >= 11 is 5.87. The zero-order valence-corrected chi connectivity index (χ0v) is 11.1. The number of amides is 1. The first-order valence-electron chi connectivity index (χ1n) is 6.28. The lowest BCUT2D eigenvalue weighted by atomic mass is 10.1. The highest BCUT2D eigenvalue weighted by atomic mass is 35.5. The molecule has 98 valence electrons. The first kappa shape index (κ1) is 13.3. The molecule has 2 N–H and O–H groups in total. The molecule has 1 amide bonds. The average molecular weight is 268 g/mol. The molecule has 1 saturated carbocycles. The van der Waals surface area contributed by atoms with Crippen LogP contribution in [0.2, 0.25) is 5.15 Å². The molecule has 0 aromatic carbocycles. The monoisotopic (exact) mass is 267 g/mol. The molecule has 0 radical (unpaired) electrons. The summed E-state index contributed by atoms with van der Waals surface area (Å²) in [6.07, 6.45) is 6.45. The quantitative estimate of drug-likeness (QED) is 0.830. The molecule has 1 aromatic heterocycles. The summed E-state index contributed by atoms with van der Waals surface area (Å²) in [6, 6.07) is 4.23. The highest BCUT2D eigenvalue weighted by Crippen LogP contribution is 2.24. The molecule has 0 bridgehead atoms. The number of carbonyl (C=O) groups is 1. The van der Waals surface area contributed by atoms with E-state index >= 15 is 0 Å². The van der Waals surface area contributed by atoms with Crippen LogP contribution >= 0.6 is 11.6 Å². The normalized spacial score (nSPS) is 16.3. The van der Waals surface area contributed by atoms with Crippen molar-refractivity contribution in [1.29, 1.82) is 0 Å². The number of nitrogens with zero attached hydrogens (tertiary/aromatic N) is 2. The van der Waals surface area contributed by atoms with Gasteiger partial charge in [0.15, 0.2) is 0 Å². The molecule has 18 heavy (non-hydrogen) atoms. The van der Waals surface area contributed by atoms with Crippen molar-refractivity contribution in [3.63, 3.8) is 0 Å². The van der Waals surface area contributed by atoms with Gasteiger partial charge in [0.2, 0.25) is 5.91 Å². The molecular formula is C13H18ClN3O. The number of aromatic nitrogens is 1. The van der Waals surface area contributed by atoms with E-state index in [0.717, 1.165) is 18.4 Å². The van der Waals surface area contributed by atoms with E-state index in [2.05, 4.69) is 9.88 Å². The van der Waals surface area contributed by atoms with E-state index < -0.39 is 0 Å². The van der Waals surface area contributed by atoms with E-state index in [1.165, 1.54) is 12.8 Å². The molecule has 0 unspecified atom stereocenters. The largest absolute Gasteiger partial charge is 0.369 e. The van der Waals surface area contributed by atoms with Crippen molar-refractivity contribution in [2.45, 2.75) is 38.3 Å². The minimum atomic E-state index is -0.276. The van der Waals surface area contributed by atoms with E-state index in [1.54, 1.807) is 6.20 Å². The van der Waals surface area contributed by atoms with E-state index in [1.807, 2.05) is 12.1 Å². The molecule has 1 aliphatic carbocycles. The van der Waals surface area contributed by atoms with Crippen LogP contribution in [0.25, 0.3) is 0 Å². The van der Waals surface area contributed by atoms with Gasteiger partial charge in [-0.05, 0) is 30.5 Å². The number of primary amides is 1. The summed E-state index contributed by atoms with van der Waals surface area (Å²) < 4.78 is 0. The highest BCUT2D eigenvalue weighted by Gasteiger charge is 2.23. The zero-order chi connectivity index (χ0) is 13.0. The van der Waals surface area contributed by atoms with Crippen LogP contribution in [0, 0.1) is 0 Å². The SMILES string of the molecule is NC(=O)CN(Cc1ccnc(Cl)c1)C1CCCC1. The molecule has 2 rings (SSSR count). The van der Waals surface area contributed by atoms with Crippen molar-refractivity contribution in [3.05, 3.63) is 29.0 Å². The second kappa shape index (κ2) is 6.16. The van der Waals surface area contributed by atoms with E-state index in [-0.39, 0.29) is 5.91 Å². The maximum absolute atomic E-state index is 11.2. The zero-order valence-electron chi connectivity index (χ0n) is 10.3. The van der Waals surface area contributed by atoms with E-state index in [0.29, 0.717) is 24.3 Å². The van der Waals surface area contributed by atoms with Crippen LogP contribution < -0.4 is 5.73 Å². The predicted molar refractivity (Wildman–Crippen MR) is 71.1 cm³/mol. The topological polar surface area (TPSA) is 59.2 Å². The number of nitrogens with two attached hydrogens (primary N) is 1. The lowest BCUT2D eigenvalue weighted by Gasteiger charge is -2.27. The van der Waals surface area contributed by atoms with Crippen LogP contribution in [0.5, 0.6) is 0 Å². The highest BCUT2D eigenvalue weighted by molar-refractivity contribution is 6.29. The number of pyridine rings is 1. The lowest BCUT2D eigenvalue weighted by Crippen LogP contribution is -2.39. The van der Waals surface area contributed by atoms with Gasteiger partial charge in [0.25, 0.3) is 0 Å². The third-order valence-electron chi connectivity index (χ3n) is 3.38. The van der Waals surface area contributed by atoms with Crippen molar-refractivity contribution in [1.82, 2.24) is 9.88 Å². The Morgan fingerprint density at radius 1 is 1.50 bits per heavy atom. The minimum Gasteiger partial charge on any atom is -0.369 e. The third kappa shape index (κ3) is 3.68. The molecule has 0 aliphatic heterocycles. The molecule has 0 atom stereocenters. The van der Waals surface area contributed by atoms with Gasteiger partial charge in [-0.1, -0.05) is 24.4 Å². The Morgan fingerprint density at radius 2 is 2.22 bits per heavy atom. The molecule has 1 aliphatic rings. The molecule has 4 nitrogen and oxygen atoms in total.